The van der Waals surface area contributed by atoms with Crippen LogP contribution in [0.5, 0.6) is 11.5 Å². The summed E-state index contributed by atoms with van der Waals surface area (Å²) in [6, 6.07) is 17.2. The molecule has 0 heterocycles. The van der Waals surface area contributed by atoms with Crippen LogP contribution in [0.2, 0.25) is 10.0 Å². The summed E-state index contributed by atoms with van der Waals surface area (Å²) in [4.78, 5) is 45.8. The van der Waals surface area contributed by atoms with Crippen LogP contribution in [-0.2, 0) is 35.0 Å². The van der Waals surface area contributed by atoms with Crippen molar-refractivity contribution in [2.75, 3.05) is 13.2 Å². The number of carboxylic acids is 2. The number of hydrogen-bond acceptors (Lipinski definition) is 6. The smallest absolute Gasteiger partial charge is 0.416 e. The van der Waals surface area contributed by atoms with Crippen molar-refractivity contribution in [2.45, 2.75) is 25.4 Å². The van der Waals surface area contributed by atoms with Gasteiger partial charge in [0.2, 0.25) is 0 Å². The molecule has 0 spiro atoms. The largest absolute Gasteiger partial charge is 0.481 e. The lowest BCUT2D eigenvalue weighted by Gasteiger charge is -2.12. The molecule has 0 saturated carbocycles. The van der Waals surface area contributed by atoms with Crippen molar-refractivity contribution in [3.05, 3.63) is 128 Å². The van der Waals surface area contributed by atoms with Crippen molar-refractivity contribution in [1.82, 2.24) is 10.6 Å². The molecule has 0 aromatic heterocycles. The van der Waals surface area contributed by atoms with E-state index in [1.165, 1.54) is 60.7 Å². The summed E-state index contributed by atoms with van der Waals surface area (Å²) in [5.74, 6) is -3.83. The Labute approximate surface area is 300 Å². The third kappa shape index (κ3) is 13.0. The highest BCUT2D eigenvalue weighted by Crippen LogP contribution is 2.31. The molecule has 18 heteroatoms. The predicted molar refractivity (Wildman–Crippen MR) is 174 cm³/mol. The number of hydrogen-bond donors (Lipinski definition) is 4. The Hall–Kier alpha value is -5.48. The molecule has 0 atom stereocenters. The highest BCUT2D eigenvalue weighted by Gasteiger charge is 2.31. The minimum atomic E-state index is -4.48. The van der Waals surface area contributed by atoms with Crippen LogP contribution in [0.1, 0.15) is 43.0 Å². The molecule has 4 rings (SSSR count). The molecular weight excluding hydrogens is 749 g/mol. The van der Waals surface area contributed by atoms with Gasteiger partial charge in [-0.25, -0.2) is 9.59 Å². The molecule has 2 amide bonds. The van der Waals surface area contributed by atoms with Crippen LogP contribution in [0.25, 0.3) is 0 Å². The van der Waals surface area contributed by atoms with Crippen molar-refractivity contribution < 1.29 is 65.2 Å². The quantitative estimate of drug-likeness (QED) is 0.108. The summed E-state index contributed by atoms with van der Waals surface area (Å²) in [5.41, 5.74) is -1.09. The molecule has 0 bridgehead atoms. The molecule has 4 aromatic rings. The van der Waals surface area contributed by atoms with Crippen LogP contribution < -0.4 is 20.1 Å². The third-order valence-corrected chi connectivity index (χ3v) is 6.96. The van der Waals surface area contributed by atoms with Gasteiger partial charge in [-0.3, -0.25) is 9.59 Å². The van der Waals surface area contributed by atoms with E-state index in [1.54, 1.807) is 0 Å². The molecule has 0 radical (unpaired) electrons. The summed E-state index contributed by atoms with van der Waals surface area (Å²) in [5, 5.41) is 22.7. The maximum Gasteiger partial charge on any atom is 0.416 e. The van der Waals surface area contributed by atoms with E-state index >= 15 is 0 Å². The second-order valence-electron chi connectivity index (χ2n) is 10.4. The summed E-state index contributed by atoms with van der Waals surface area (Å²) < 4.78 is 86.3. The number of ether oxygens (including phenoxy) is 2. The predicted octanol–water partition coefficient (Wildman–Crippen LogP) is 7.50. The zero-order chi connectivity index (χ0) is 38.6. The van der Waals surface area contributed by atoms with Gasteiger partial charge in [0, 0.05) is 23.1 Å². The minimum absolute atomic E-state index is 0.0163. The van der Waals surface area contributed by atoms with Gasteiger partial charge in [-0.2, -0.15) is 26.3 Å². The number of benzene rings is 4. The maximum atomic E-state index is 12.7. The van der Waals surface area contributed by atoms with Gasteiger partial charge in [0.1, 0.15) is 11.5 Å². The van der Waals surface area contributed by atoms with Crippen molar-refractivity contribution in [1.29, 1.82) is 0 Å². The number of carbonyl (C=O) groups excluding carboxylic acids is 2. The SMILES string of the molecule is O=C(O)COc1cc(Cl)ccc1C(=O)NCc1cccc(C(F)(F)F)c1.O=C(O)COc1cc(Cl)ccc1C(=O)NCc1cccc(C(F)(F)F)c1. The molecule has 0 unspecified atom stereocenters. The van der Waals surface area contributed by atoms with Gasteiger partial charge in [0.05, 0.1) is 22.3 Å². The van der Waals surface area contributed by atoms with Gasteiger partial charge in [-0.15, -0.1) is 0 Å². The Kier molecular flexibility index (Phi) is 14.3. The number of carboxylic acid groups (broad SMARTS) is 2. The molecule has 0 aliphatic carbocycles. The van der Waals surface area contributed by atoms with Crippen LogP contribution in [0.4, 0.5) is 26.3 Å². The topological polar surface area (TPSA) is 151 Å². The monoisotopic (exact) mass is 774 g/mol. The van der Waals surface area contributed by atoms with E-state index in [9.17, 15) is 45.5 Å². The second-order valence-corrected chi connectivity index (χ2v) is 11.3. The Morgan fingerprint density at radius 1 is 0.577 bits per heavy atom. The summed E-state index contributed by atoms with van der Waals surface area (Å²) in [6.45, 7) is -1.64. The summed E-state index contributed by atoms with van der Waals surface area (Å²) in [7, 11) is 0. The van der Waals surface area contributed by atoms with Crippen LogP contribution in [-0.4, -0.2) is 47.2 Å². The first kappa shape index (κ1) is 40.9. The lowest BCUT2D eigenvalue weighted by Crippen LogP contribution is -2.24. The van der Waals surface area contributed by atoms with Gasteiger partial charge < -0.3 is 30.3 Å². The third-order valence-electron chi connectivity index (χ3n) is 6.49. The van der Waals surface area contributed by atoms with Crippen molar-refractivity contribution in [3.8, 4) is 11.5 Å². The van der Waals surface area contributed by atoms with Gasteiger partial charge in [-0.1, -0.05) is 47.5 Å². The Balaban J connectivity index is 0.000000280. The number of aliphatic carboxylic acids is 2. The molecule has 0 fully saturated rings. The molecule has 10 nitrogen and oxygen atoms in total. The zero-order valence-corrected chi connectivity index (χ0v) is 27.8. The van der Waals surface area contributed by atoms with Crippen molar-refractivity contribution in [3.63, 3.8) is 0 Å². The molecule has 4 aromatic carbocycles. The molecule has 0 aliphatic heterocycles. The Bertz CT molecular complexity index is 1780. The molecule has 276 valence electrons. The van der Waals surface area contributed by atoms with Gasteiger partial charge in [-0.05, 0) is 71.8 Å². The minimum Gasteiger partial charge on any atom is -0.481 e. The number of amides is 2. The first-order valence-electron chi connectivity index (χ1n) is 14.5. The van der Waals surface area contributed by atoms with Gasteiger partial charge in [0.25, 0.3) is 11.8 Å². The Morgan fingerprint density at radius 3 is 1.27 bits per heavy atom. The van der Waals surface area contributed by atoms with Gasteiger partial charge >= 0.3 is 24.3 Å². The number of alkyl halides is 6. The summed E-state index contributed by atoms with van der Waals surface area (Å²) in [6.07, 6.45) is -8.96. The fraction of sp³-hybridized carbons (Fsp3) is 0.176. The van der Waals surface area contributed by atoms with E-state index in [2.05, 4.69) is 10.6 Å². The van der Waals surface area contributed by atoms with E-state index in [0.717, 1.165) is 24.3 Å². The Morgan fingerprint density at radius 2 is 0.942 bits per heavy atom. The number of nitrogens with one attached hydrogen (secondary N) is 2. The van der Waals surface area contributed by atoms with E-state index in [4.69, 9.17) is 42.9 Å². The lowest BCUT2D eigenvalue weighted by atomic mass is 10.1. The highest BCUT2D eigenvalue weighted by molar-refractivity contribution is 6.31. The summed E-state index contributed by atoms with van der Waals surface area (Å²) >= 11 is 11.6. The van der Waals surface area contributed by atoms with E-state index < -0.39 is 60.4 Å². The van der Waals surface area contributed by atoms with E-state index in [-0.39, 0.29) is 56.9 Å². The highest BCUT2D eigenvalue weighted by atomic mass is 35.5. The maximum absolute atomic E-state index is 12.7. The molecule has 52 heavy (non-hydrogen) atoms. The standard InChI is InChI=1S/2C17H13ClF3NO4/c2*18-12-4-5-13(14(7-12)26-9-15(23)24)16(25)22-8-10-2-1-3-11(6-10)17(19,20)21/h2*1-7H,8-9H2,(H,22,25)(H,23,24). The lowest BCUT2D eigenvalue weighted by molar-refractivity contribution is -0.140. The normalized spacial score (nSPS) is 11.1. The van der Waals surface area contributed by atoms with Crippen LogP contribution in [0.3, 0.4) is 0 Å². The second kappa shape index (κ2) is 18.1. The van der Waals surface area contributed by atoms with Crippen molar-refractivity contribution in [2.24, 2.45) is 0 Å². The fourth-order valence-corrected chi connectivity index (χ4v) is 4.48. The molecule has 0 aliphatic rings. The average Bonchev–Trinajstić information content (AvgIpc) is 3.07. The van der Waals surface area contributed by atoms with Crippen LogP contribution in [0.15, 0.2) is 84.9 Å². The van der Waals surface area contributed by atoms with Gasteiger partial charge in [0.15, 0.2) is 13.2 Å². The number of carbonyl (C=O) groups is 4. The van der Waals surface area contributed by atoms with Crippen molar-refractivity contribution >= 4 is 47.0 Å². The number of halogens is 8. The van der Waals surface area contributed by atoms with Crippen LogP contribution in [0, 0.1) is 0 Å². The van der Waals surface area contributed by atoms with E-state index in [1.807, 2.05) is 0 Å². The fourth-order valence-electron chi connectivity index (χ4n) is 4.16. The number of rotatable bonds is 12. The molecular formula is C34H26Cl2F6N2O8. The first-order valence-corrected chi connectivity index (χ1v) is 15.3. The van der Waals surface area contributed by atoms with Crippen LogP contribution >= 0.6 is 23.2 Å². The zero-order valence-electron chi connectivity index (χ0n) is 26.3. The molecule has 0 saturated heterocycles. The first-order chi connectivity index (χ1) is 24.3. The molecule has 4 N–H and O–H groups in total. The average molecular weight is 775 g/mol. The van der Waals surface area contributed by atoms with E-state index in [0.29, 0.717) is 0 Å².